The first-order chi connectivity index (χ1) is 12.2. The lowest BCUT2D eigenvalue weighted by atomic mass is 10.1. The van der Waals surface area contributed by atoms with Gasteiger partial charge in [-0.1, -0.05) is 50.2 Å². The van der Waals surface area contributed by atoms with Gasteiger partial charge >= 0.3 is 0 Å². The molecule has 5 heteroatoms. The van der Waals surface area contributed by atoms with Crippen molar-refractivity contribution in [2.45, 2.75) is 32.7 Å². The summed E-state index contributed by atoms with van der Waals surface area (Å²) in [6.45, 7) is 4.07. The van der Waals surface area contributed by atoms with Crippen molar-refractivity contribution in [1.29, 1.82) is 0 Å². The zero-order chi connectivity index (χ0) is 17.8. The van der Waals surface area contributed by atoms with Crippen LogP contribution in [-0.2, 0) is 0 Å². The molecule has 0 fully saturated rings. The fourth-order valence-electron chi connectivity index (χ4n) is 2.85. The van der Waals surface area contributed by atoms with Gasteiger partial charge in [-0.25, -0.2) is 0 Å². The summed E-state index contributed by atoms with van der Waals surface area (Å²) < 4.78 is 1.30. The summed E-state index contributed by atoms with van der Waals surface area (Å²) in [7, 11) is 0. The van der Waals surface area contributed by atoms with Crippen LogP contribution in [0.2, 0.25) is 0 Å². The Bertz CT molecular complexity index is 944. The molecule has 25 heavy (non-hydrogen) atoms. The van der Waals surface area contributed by atoms with E-state index in [0.29, 0.717) is 16.5 Å². The van der Waals surface area contributed by atoms with Crippen molar-refractivity contribution in [1.82, 2.24) is 15.1 Å². The van der Waals surface area contributed by atoms with Gasteiger partial charge in [0, 0.05) is 11.4 Å². The van der Waals surface area contributed by atoms with E-state index in [2.05, 4.69) is 10.4 Å². The van der Waals surface area contributed by atoms with E-state index < -0.39 is 0 Å². The summed E-state index contributed by atoms with van der Waals surface area (Å²) in [6, 6.07) is 16.3. The third-order valence-electron chi connectivity index (χ3n) is 4.34. The Morgan fingerprint density at radius 1 is 1.00 bits per heavy atom. The van der Waals surface area contributed by atoms with Crippen LogP contribution in [0.3, 0.4) is 0 Å². The zero-order valence-corrected chi connectivity index (χ0v) is 14.4. The van der Waals surface area contributed by atoms with Crippen molar-refractivity contribution in [2.24, 2.45) is 0 Å². The summed E-state index contributed by atoms with van der Waals surface area (Å²) in [6.07, 6.45) is 1.69. The Kier molecular flexibility index (Phi) is 4.93. The molecule has 1 aromatic heterocycles. The lowest BCUT2D eigenvalue weighted by Gasteiger charge is -2.16. The maximum Gasteiger partial charge on any atom is 0.279 e. The molecule has 0 aliphatic carbocycles. The van der Waals surface area contributed by atoms with E-state index in [4.69, 9.17) is 0 Å². The molecule has 1 N–H and O–H groups in total. The van der Waals surface area contributed by atoms with Gasteiger partial charge in [-0.2, -0.15) is 9.78 Å². The topological polar surface area (TPSA) is 64.0 Å². The van der Waals surface area contributed by atoms with Crippen LogP contribution in [0.15, 0.2) is 59.4 Å². The highest BCUT2D eigenvalue weighted by molar-refractivity contribution is 6.04. The number of aromatic nitrogens is 2. The molecule has 0 aliphatic rings. The van der Waals surface area contributed by atoms with Gasteiger partial charge in [0.1, 0.15) is 0 Å². The van der Waals surface area contributed by atoms with Crippen LogP contribution in [0.1, 0.15) is 37.2 Å². The molecule has 128 valence electrons. The van der Waals surface area contributed by atoms with Crippen molar-refractivity contribution in [3.05, 3.63) is 70.6 Å². The number of para-hydroxylation sites is 1. The normalized spacial score (nSPS) is 11.0. The molecule has 5 nitrogen and oxygen atoms in total. The van der Waals surface area contributed by atoms with E-state index in [9.17, 15) is 9.59 Å². The second-order valence-corrected chi connectivity index (χ2v) is 5.93. The molecule has 1 heterocycles. The zero-order valence-electron chi connectivity index (χ0n) is 14.4. The van der Waals surface area contributed by atoms with E-state index in [-0.39, 0.29) is 23.2 Å². The molecule has 0 bridgehead atoms. The SMILES string of the molecule is CCC(CC)NC(=O)c1nn(-c2ccccc2)c(=O)c2ccccc12. The van der Waals surface area contributed by atoms with Gasteiger partial charge in [-0.05, 0) is 31.0 Å². The standard InChI is InChI=1S/C20H21N3O2/c1-3-14(4-2)21-19(24)18-16-12-8-9-13-17(16)20(25)23(22-18)15-10-6-5-7-11-15/h5-14H,3-4H2,1-2H3,(H,21,24). The van der Waals surface area contributed by atoms with E-state index in [1.165, 1.54) is 4.68 Å². The van der Waals surface area contributed by atoms with Crippen molar-refractivity contribution < 1.29 is 4.79 Å². The van der Waals surface area contributed by atoms with E-state index in [1.807, 2.05) is 38.1 Å². The first-order valence-electron chi connectivity index (χ1n) is 8.54. The van der Waals surface area contributed by atoms with E-state index in [1.54, 1.807) is 30.3 Å². The fraction of sp³-hybridized carbons (Fsp3) is 0.250. The maximum absolute atomic E-state index is 12.8. The van der Waals surface area contributed by atoms with Gasteiger partial charge in [0.15, 0.2) is 5.69 Å². The summed E-state index contributed by atoms with van der Waals surface area (Å²) in [5, 5.41) is 8.45. The molecule has 0 saturated heterocycles. The monoisotopic (exact) mass is 335 g/mol. The average Bonchev–Trinajstić information content (AvgIpc) is 2.67. The first-order valence-corrected chi connectivity index (χ1v) is 8.54. The van der Waals surface area contributed by atoms with Crippen LogP contribution in [-0.4, -0.2) is 21.7 Å². The summed E-state index contributed by atoms with van der Waals surface area (Å²) in [4.78, 5) is 25.6. The number of nitrogens with one attached hydrogen (secondary N) is 1. The third kappa shape index (κ3) is 3.31. The number of benzene rings is 2. The van der Waals surface area contributed by atoms with Crippen molar-refractivity contribution in [3.8, 4) is 5.69 Å². The number of hydrogen-bond donors (Lipinski definition) is 1. The van der Waals surface area contributed by atoms with Crippen LogP contribution in [0.4, 0.5) is 0 Å². The Balaban J connectivity index is 2.19. The number of amides is 1. The van der Waals surface area contributed by atoms with Crippen LogP contribution < -0.4 is 10.9 Å². The lowest BCUT2D eigenvalue weighted by Crippen LogP contribution is -2.36. The summed E-state index contributed by atoms with van der Waals surface area (Å²) in [5.74, 6) is -0.255. The Morgan fingerprint density at radius 3 is 2.24 bits per heavy atom. The highest BCUT2D eigenvalue weighted by Crippen LogP contribution is 2.15. The Hall–Kier alpha value is -2.95. The fourth-order valence-corrected chi connectivity index (χ4v) is 2.85. The number of nitrogens with zero attached hydrogens (tertiary/aromatic N) is 2. The van der Waals surface area contributed by atoms with Crippen molar-refractivity contribution >= 4 is 16.7 Å². The van der Waals surface area contributed by atoms with Gasteiger partial charge in [0.05, 0.1) is 11.1 Å². The van der Waals surface area contributed by atoms with Gasteiger partial charge in [0.25, 0.3) is 11.5 Å². The molecule has 2 aromatic carbocycles. The molecular weight excluding hydrogens is 314 g/mol. The number of fused-ring (bicyclic) bond motifs is 1. The first kappa shape index (κ1) is 16.9. The second kappa shape index (κ2) is 7.30. The predicted molar refractivity (Wildman–Crippen MR) is 99.2 cm³/mol. The molecular formula is C20H21N3O2. The van der Waals surface area contributed by atoms with Crippen LogP contribution in [0.25, 0.3) is 16.5 Å². The molecule has 1 amide bonds. The minimum Gasteiger partial charge on any atom is -0.348 e. The number of hydrogen-bond acceptors (Lipinski definition) is 3. The molecule has 0 atom stereocenters. The van der Waals surface area contributed by atoms with Gasteiger partial charge in [0.2, 0.25) is 0 Å². The molecule has 3 aromatic rings. The molecule has 0 aliphatic heterocycles. The highest BCUT2D eigenvalue weighted by Gasteiger charge is 2.19. The van der Waals surface area contributed by atoms with E-state index in [0.717, 1.165) is 12.8 Å². The Morgan fingerprint density at radius 2 is 1.60 bits per heavy atom. The predicted octanol–water partition coefficient (Wildman–Crippen LogP) is 3.30. The summed E-state index contributed by atoms with van der Waals surface area (Å²) >= 11 is 0. The van der Waals surface area contributed by atoms with Crippen LogP contribution >= 0.6 is 0 Å². The largest absolute Gasteiger partial charge is 0.348 e. The maximum atomic E-state index is 12.8. The number of carbonyl (C=O) groups excluding carboxylic acids is 1. The smallest absolute Gasteiger partial charge is 0.279 e. The quantitative estimate of drug-likeness (QED) is 0.778. The highest BCUT2D eigenvalue weighted by atomic mass is 16.2. The second-order valence-electron chi connectivity index (χ2n) is 5.93. The van der Waals surface area contributed by atoms with Crippen LogP contribution in [0.5, 0.6) is 0 Å². The summed E-state index contributed by atoms with van der Waals surface area (Å²) in [5.41, 5.74) is 0.668. The minimum atomic E-state index is -0.255. The molecule has 0 spiro atoms. The molecule has 0 saturated carbocycles. The van der Waals surface area contributed by atoms with Gasteiger partial charge in [-0.15, -0.1) is 0 Å². The van der Waals surface area contributed by atoms with Crippen molar-refractivity contribution in [3.63, 3.8) is 0 Å². The number of carbonyl (C=O) groups is 1. The third-order valence-corrected chi connectivity index (χ3v) is 4.34. The van der Waals surface area contributed by atoms with Crippen LogP contribution in [0, 0.1) is 0 Å². The Labute approximate surface area is 146 Å². The van der Waals surface area contributed by atoms with Gasteiger partial charge < -0.3 is 5.32 Å². The number of rotatable bonds is 5. The van der Waals surface area contributed by atoms with E-state index >= 15 is 0 Å². The average molecular weight is 335 g/mol. The molecule has 0 unspecified atom stereocenters. The molecule has 0 radical (unpaired) electrons. The lowest BCUT2D eigenvalue weighted by molar-refractivity contribution is 0.0930. The van der Waals surface area contributed by atoms with Gasteiger partial charge in [-0.3, -0.25) is 9.59 Å². The minimum absolute atomic E-state index is 0.0881. The van der Waals surface area contributed by atoms with Crippen molar-refractivity contribution in [2.75, 3.05) is 0 Å². The molecule has 3 rings (SSSR count).